The lowest BCUT2D eigenvalue weighted by atomic mass is 10.1. The number of carbonyl (C=O) groups excluding carboxylic acids is 2. The number of ether oxygens (including phenoxy) is 2. The fourth-order valence-corrected chi connectivity index (χ4v) is 3.54. The molecule has 35 heavy (non-hydrogen) atoms. The molecule has 3 rings (SSSR count). The first-order chi connectivity index (χ1) is 17.1. The van der Waals surface area contributed by atoms with Crippen LogP contribution in [0.25, 0.3) is 0 Å². The summed E-state index contributed by atoms with van der Waals surface area (Å²) in [6.07, 6.45) is 2.43. The SMILES string of the molecule is O=C(CCC(=O)OCCCc1ccccc1)NC(=S)Nc1ccc(OCCc2ccccc2)cc1. The molecule has 3 aromatic carbocycles. The van der Waals surface area contributed by atoms with Gasteiger partial charge in [0.2, 0.25) is 5.91 Å². The third kappa shape index (κ3) is 10.4. The Labute approximate surface area is 211 Å². The van der Waals surface area contributed by atoms with Gasteiger partial charge in [-0.2, -0.15) is 0 Å². The van der Waals surface area contributed by atoms with Crippen molar-refractivity contribution in [2.75, 3.05) is 18.5 Å². The first-order valence-electron chi connectivity index (χ1n) is 11.7. The lowest BCUT2D eigenvalue weighted by Gasteiger charge is -2.11. The summed E-state index contributed by atoms with van der Waals surface area (Å²) < 4.78 is 11.0. The molecule has 0 saturated carbocycles. The van der Waals surface area contributed by atoms with E-state index in [1.807, 2.05) is 72.8 Å². The Bertz CT molecular complexity index is 1070. The van der Waals surface area contributed by atoms with E-state index in [2.05, 4.69) is 22.8 Å². The molecular weight excluding hydrogens is 460 g/mol. The Hall–Kier alpha value is -3.71. The van der Waals surface area contributed by atoms with E-state index in [9.17, 15) is 9.59 Å². The Kier molecular flexibility index (Phi) is 10.8. The molecule has 0 saturated heterocycles. The van der Waals surface area contributed by atoms with Gasteiger partial charge in [0.1, 0.15) is 5.75 Å². The van der Waals surface area contributed by atoms with Crippen LogP contribution in [0.1, 0.15) is 30.4 Å². The van der Waals surface area contributed by atoms with Gasteiger partial charge in [-0.25, -0.2) is 0 Å². The van der Waals surface area contributed by atoms with E-state index in [0.717, 1.165) is 30.7 Å². The van der Waals surface area contributed by atoms with Gasteiger partial charge < -0.3 is 20.1 Å². The minimum atomic E-state index is -0.394. The summed E-state index contributed by atoms with van der Waals surface area (Å²) in [7, 11) is 0. The first-order valence-corrected chi connectivity index (χ1v) is 12.1. The van der Waals surface area contributed by atoms with Crippen LogP contribution in [-0.2, 0) is 27.2 Å². The molecule has 1 amide bonds. The Balaban J connectivity index is 1.27. The van der Waals surface area contributed by atoms with Crippen LogP contribution in [0, 0.1) is 0 Å². The highest BCUT2D eigenvalue weighted by molar-refractivity contribution is 7.80. The quantitative estimate of drug-likeness (QED) is 0.210. The van der Waals surface area contributed by atoms with Crippen molar-refractivity contribution >= 4 is 34.9 Å². The zero-order valence-electron chi connectivity index (χ0n) is 19.6. The molecule has 0 aromatic heterocycles. The summed E-state index contributed by atoms with van der Waals surface area (Å²) in [5.41, 5.74) is 3.15. The van der Waals surface area contributed by atoms with Crippen molar-refractivity contribution in [1.82, 2.24) is 5.32 Å². The number of amides is 1. The molecule has 7 heteroatoms. The minimum Gasteiger partial charge on any atom is -0.493 e. The summed E-state index contributed by atoms with van der Waals surface area (Å²) in [6.45, 7) is 0.919. The summed E-state index contributed by atoms with van der Waals surface area (Å²) in [4.78, 5) is 23.9. The summed E-state index contributed by atoms with van der Waals surface area (Å²) in [5.74, 6) is 0.0169. The number of thiocarbonyl (C=S) groups is 1. The maximum absolute atomic E-state index is 12.1. The number of anilines is 1. The monoisotopic (exact) mass is 490 g/mol. The first kappa shape index (κ1) is 25.9. The highest BCUT2D eigenvalue weighted by atomic mass is 32.1. The van der Waals surface area contributed by atoms with Gasteiger partial charge in [0.05, 0.1) is 19.6 Å². The number of carbonyl (C=O) groups is 2. The minimum absolute atomic E-state index is 0.00747. The zero-order valence-corrected chi connectivity index (χ0v) is 20.4. The van der Waals surface area contributed by atoms with E-state index < -0.39 is 5.97 Å². The third-order valence-electron chi connectivity index (χ3n) is 5.14. The maximum atomic E-state index is 12.1. The predicted octanol–water partition coefficient (Wildman–Crippen LogP) is 5.08. The Morgan fingerprint density at radius 2 is 1.37 bits per heavy atom. The number of nitrogens with one attached hydrogen (secondary N) is 2. The number of esters is 1. The highest BCUT2D eigenvalue weighted by Crippen LogP contribution is 2.16. The van der Waals surface area contributed by atoms with E-state index in [1.165, 1.54) is 11.1 Å². The molecule has 0 atom stereocenters. The van der Waals surface area contributed by atoms with E-state index in [4.69, 9.17) is 21.7 Å². The van der Waals surface area contributed by atoms with E-state index in [-0.39, 0.29) is 23.9 Å². The van der Waals surface area contributed by atoms with Gasteiger partial charge in [0, 0.05) is 18.5 Å². The van der Waals surface area contributed by atoms with Crippen molar-refractivity contribution in [3.63, 3.8) is 0 Å². The Morgan fingerprint density at radius 3 is 2.03 bits per heavy atom. The van der Waals surface area contributed by atoms with Crippen molar-refractivity contribution in [3.8, 4) is 5.75 Å². The molecule has 0 aliphatic carbocycles. The van der Waals surface area contributed by atoms with Gasteiger partial charge in [-0.15, -0.1) is 0 Å². The fraction of sp³-hybridized carbons (Fsp3) is 0.250. The number of benzene rings is 3. The van der Waals surface area contributed by atoms with Gasteiger partial charge in [0.25, 0.3) is 0 Å². The molecule has 182 valence electrons. The number of hydrogen-bond acceptors (Lipinski definition) is 5. The van der Waals surface area contributed by atoms with Crippen LogP contribution >= 0.6 is 12.2 Å². The van der Waals surface area contributed by atoms with Gasteiger partial charge in [0.15, 0.2) is 5.11 Å². The lowest BCUT2D eigenvalue weighted by Crippen LogP contribution is -2.34. The average Bonchev–Trinajstić information content (AvgIpc) is 2.88. The van der Waals surface area contributed by atoms with E-state index >= 15 is 0 Å². The third-order valence-corrected chi connectivity index (χ3v) is 5.34. The number of hydrogen-bond donors (Lipinski definition) is 2. The molecule has 2 N–H and O–H groups in total. The average molecular weight is 491 g/mol. The summed E-state index contributed by atoms with van der Waals surface area (Å²) in [6, 6.07) is 27.5. The second-order valence-electron chi connectivity index (χ2n) is 7.92. The molecule has 0 aliphatic heterocycles. The maximum Gasteiger partial charge on any atom is 0.306 e. The van der Waals surface area contributed by atoms with Crippen molar-refractivity contribution in [1.29, 1.82) is 0 Å². The predicted molar refractivity (Wildman–Crippen MR) is 141 cm³/mol. The molecule has 6 nitrogen and oxygen atoms in total. The molecule has 0 aliphatic rings. The van der Waals surface area contributed by atoms with E-state index in [0.29, 0.717) is 13.2 Å². The number of rotatable bonds is 12. The van der Waals surface area contributed by atoms with Crippen LogP contribution in [-0.4, -0.2) is 30.2 Å². The smallest absolute Gasteiger partial charge is 0.306 e. The molecular formula is C28H30N2O4S. The van der Waals surface area contributed by atoms with Crippen molar-refractivity contribution < 1.29 is 19.1 Å². The van der Waals surface area contributed by atoms with Crippen molar-refractivity contribution in [2.45, 2.75) is 32.1 Å². The Morgan fingerprint density at radius 1 is 0.743 bits per heavy atom. The largest absolute Gasteiger partial charge is 0.493 e. The summed E-state index contributed by atoms with van der Waals surface area (Å²) in [5, 5.41) is 5.71. The zero-order chi connectivity index (χ0) is 24.7. The fourth-order valence-electron chi connectivity index (χ4n) is 3.31. The van der Waals surface area contributed by atoms with Crippen LogP contribution in [0.3, 0.4) is 0 Å². The van der Waals surface area contributed by atoms with Crippen molar-refractivity contribution in [2.24, 2.45) is 0 Å². The molecule has 0 spiro atoms. The lowest BCUT2D eigenvalue weighted by molar-refractivity contribution is -0.145. The second kappa shape index (κ2) is 14.5. The van der Waals surface area contributed by atoms with Gasteiger partial charge in [-0.3, -0.25) is 9.59 Å². The molecule has 0 radical (unpaired) electrons. The van der Waals surface area contributed by atoms with Gasteiger partial charge in [-0.1, -0.05) is 60.7 Å². The summed E-state index contributed by atoms with van der Waals surface area (Å²) >= 11 is 5.19. The molecule has 0 fully saturated rings. The topological polar surface area (TPSA) is 76.7 Å². The van der Waals surface area contributed by atoms with Crippen LogP contribution in [0.4, 0.5) is 5.69 Å². The standard InChI is InChI=1S/C28H30N2O4S/c31-26(17-18-27(32)34-20-7-12-22-8-3-1-4-9-22)30-28(35)29-24-13-15-25(16-14-24)33-21-19-23-10-5-2-6-11-23/h1-6,8-11,13-16H,7,12,17-21H2,(H2,29,30,31,35). The molecule has 0 heterocycles. The van der Waals surface area contributed by atoms with Gasteiger partial charge >= 0.3 is 5.97 Å². The van der Waals surface area contributed by atoms with Crippen LogP contribution in [0.5, 0.6) is 5.75 Å². The van der Waals surface area contributed by atoms with E-state index in [1.54, 1.807) is 0 Å². The molecule has 0 bridgehead atoms. The highest BCUT2D eigenvalue weighted by Gasteiger charge is 2.10. The molecule has 0 unspecified atom stereocenters. The molecule has 3 aromatic rings. The van der Waals surface area contributed by atoms with Crippen molar-refractivity contribution in [3.05, 3.63) is 96.1 Å². The van der Waals surface area contributed by atoms with Crippen LogP contribution in [0.2, 0.25) is 0 Å². The number of aryl methyl sites for hydroxylation is 1. The van der Waals surface area contributed by atoms with Crippen LogP contribution < -0.4 is 15.4 Å². The van der Waals surface area contributed by atoms with Crippen LogP contribution in [0.15, 0.2) is 84.9 Å². The van der Waals surface area contributed by atoms with Gasteiger partial charge in [-0.05, 0) is 60.5 Å². The normalized spacial score (nSPS) is 10.3. The second-order valence-corrected chi connectivity index (χ2v) is 8.33.